The zero-order chi connectivity index (χ0) is 14.8. The lowest BCUT2D eigenvalue weighted by Gasteiger charge is -2.23. The molecular formula is C13H15F3N2O2. The van der Waals surface area contributed by atoms with Crippen molar-refractivity contribution in [2.45, 2.75) is 25.1 Å². The highest BCUT2D eigenvalue weighted by molar-refractivity contribution is 5.78. The van der Waals surface area contributed by atoms with Crippen molar-refractivity contribution in [2.24, 2.45) is 0 Å². The molecule has 1 aromatic rings. The minimum Gasteiger partial charge on any atom is -0.484 e. The van der Waals surface area contributed by atoms with Crippen LogP contribution in [0.25, 0.3) is 0 Å². The molecule has 0 radical (unpaired) electrons. The largest absolute Gasteiger partial charge is 0.484 e. The van der Waals surface area contributed by atoms with Gasteiger partial charge in [-0.1, -0.05) is 0 Å². The Labute approximate surface area is 114 Å². The number of halogens is 3. The molecule has 20 heavy (non-hydrogen) atoms. The summed E-state index contributed by atoms with van der Waals surface area (Å²) in [4.78, 5) is 12.7. The number of nitrogen functional groups attached to an aromatic ring is 1. The van der Waals surface area contributed by atoms with Gasteiger partial charge in [0.25, 0.3) is 5.91 Å². The number of hydrogen-bond donors (Lipinski definition) is 1. The van der Waals surface area contributed by atoms with Crippen LogP contribution >= 0.6 is 0 Å². The number of amides is 1. The van der Waals surface area contributed by atoms with E-state index in [1.165, 1.54) is 0 Å². The second-order valence-corrected chi connectivity index (χ2v) is 4.73. The Morgan fingerprint density at radius 1 is 1.30 bits per heavy atom. The van der Waals surface area contributed by atoms with Crippen LogP contribution in [-0.2, 0) is 4.79 Å². The predicted octanol–water partition coefficient (Wildman–Crippen LogP) is 2.20. The molecule has 0 spiro atoms. The zero-order valence-corrected chi connectivity index (χ0v) is 10.7. The summed E-state index contributed by atoms with van der Waals surface area (Å²) in [6.07, 6.45) is -3.16. The molecule has 1 amide bonds. The Morgan fingerprint density at radius 3 is 2.40 bits per heavy atom. The van der Waals surface area contributed by atoms with E-state index in [0.717, 1.165) is 4.90 Å². The Morgan fingerprint density at radius 2 is 1.90 bits per heavy atom. The van der Waals surface area contributed by atoms with E-state index in [1.54, 1.807) is 24.3 Å². The molecule has 7 heteroatoms. The predicted molar refractivity (Wildman–Crippen MR) is 67.1 cm³/mol. The summed E-state index contributed by atoms with van der Waals surface area (Å²) in [5.74, 6) is -0.253. The summed E-state index contributed by atoms with van der Waals surface area (Å²) in [7, 11) is 0. The van der Waals surface area contributed by atoms with Gasteiger partial charge in [-0.2, -0.15) is 13.2 Å². The van der Waals surface area contributed by atoms with E-state index >= 15 is 0 Å². The standard InChI is InChI=1S/C13H15F3N2O2/c14-13(15,16)8-18(10-3-4-10)12(19)7-20-11-5-1-9(17)2-6-11/h1-2,5-6,10H,3-4,7-8,17H2. The van der Waals surface area contributed by atoms with Gasteiger partial charge in [-0.3, -0.25) is 4.79 Å². The summed E-state index contributed by atoms with van der Waals surface area (Å²) in [6.45, 7) is -1.63. The molecular weight excluding hydrogens is 273 g/mol. The van der Waals surface area contributed by atoms with Gasteiger partial charge in [-0.05, 0) is 37.1 Å². The zero-order valence-electron chi connectivity index (χ0n) is 10.7. The summed E-state index contributed by atoms with van der Waals surface area (Å²) in [5, 5.41) is 0. The van der Waals surface area contributed by atoms with Crippen LogP contribution in [0.5, 0.6) is 5.75 Å². The van der Waals surface area contributed by atoms with Gasteiger partial charge >= 0.3 is 6.18 Å². The van der Waals surface area contributed by atoms with E-state index in [9.17, 15) is 18.0 Å². The second kappa shape index (κ2) is 5.60. The van der Waals surface area contributed by atoms with Gasteiger partial charge in [0.2, 0.25) is 0 Å². The van der Waals surface area contributed by atoms with Crippen LogP contribution < -0.4 is 10.5 Å². The summed E-state index contributed by atoms with van der Waals surface area (Å²) >= 11 is 0. The van der Waals surface area contributed by atoms with Crippen molar-refractivity contribution < 1.29 is 22.7 Å². The Hall–Kier alpha value is -1.92. The van der Waals surface area contributed by atoms with Crippen LogP contribution in [0.15, 0.2) is 24.3 Å². The topological polar surface area (TPSA) is 55.6 Å². The molecule has 110 valence electrons. The highest BCUT2D eigenvalue weighted by Gasteiger charge is 2.40. The number of anilines is 1. The van der Waals surface area contributed by atoms with Gasteiger partial charge in [0.1, 0.15) is 12.3 Å². The third-order valence-corrected chi connectivity index (χ3v) is 2.90. The van der Waals surface area contributed by atoms with E-state index in [-0.39, 0.29) is 6.04 Å². The van der Waals surface area contributed by atoms with Gasteiger partial charge in [0, 0.05) is 11.7 Å². The fraction of sp³-hybridized carbons (Fsp3) is 0.462. The molecule has 0 bridgehead atoms. The van der Waals surface area contributed by atoms with Crippen molar-refractivity contribution >= 4 is 11.6 Å². The minimum absolute atomic E-state index is 0.306. The number of rotatable bonds is 5. The average Bonchev–Trinajstić information content (AvgIpc) is 3.18. The van der Waals surface area contributed by atoms with Crippen LogP contribution in [0, 0.1) is 0 Å². The summed E-state index contributed by atoms with van der Waals surface area (Å²) in [6, 6.07) is 6.00. The van der Waals surface area contributed by atoms with Crippen LogP contribution in [0.3, 0.4) is 0 Å². The van der Waals surface area contributed by atoms with E-state index in [0.29, 0.717) is 24.3 Å². The first kappa shape index (κ1) is 14.5. The van der Waals surface area contributed by atoms with Gasteiger partial charge in [0.05, 0.1) is 0 Å². The van der Waals surface area contributed by atoms with Crippen molar-refractivity contribution in [2.75, 3.05) is 18.9 Å². The van der Waals surface area contributed by atoms with Crippen molar-refractivity contribution in [1.29, 1.82) is 0 Å². The van der Waals surface area contributed by atoms with E-state index in [1.807, 2.05) is 0 Å². The number of carbonyl (C=O) groups is 1. The van der Waals surface area contributed by atoms with E-state index < -0.39 is 25.2 Å². The fourth-order valence-electron chi connectivity index (χ4n) is 1.79. The molecule has 2 N–H and O–H groups in total. The normalized spacial score (nSPS) is 14.9. The number of carbonyl (C=O) groups excluding carboxylic acids is 1. The maximum Gasteiger partial charge on any atom is 0.406 e. The van der Waals surface area contributed by atoms with Crippen molar-refractivity contribution in [3.8, 4) is 5.75 Å². The fourth-order valence-corrected chi connectivity index (χ4v) is 1.79. The third-order valence-electron chi connectivity index (χ3n) is 2.90. The minimum atomic E-state index is -4.39. The lowest BCUT2D eigenvalue weighted by molar-refractivity contribution is -0.163. The molecule has 0 unspecified atom stereocenters. The molecule has 0 heterocycles. The quantitative estimate of drug-likeness (QED) is 0.845. The highest BCUT2D eigenvalue weighted by Crippen LogP contribution is 2.30. The first-order chi connectivity index (χ1) is 9.35. The van der Waals surface area contributed by atoms with Crippen LogP contribution in [0.1, 0.15) is 12.8 Å². The lowest BCUT2D eigenvalue weighted by Crippen LogP contribution is -2.42. The molecule has 1 aromatic carbocycles. The van der Waals surface area contributed by atoms with Gasteiger partial charge in [0.15, 0.2) is 6.61 Å². The lowest BCUT2D eigenvalue weighted by atomic mass is 10.3. The average molecular weight is 288 g/mol. The summed E-state index contributed by atoms with van der Waals surface area (Å²) < 4.78 is 42.4. The molecule has 1 aliphatic carbocycles. The smallest absolute Gasteiger partial charge is 0.406 e. The van der Waals surface area contributed by atoms with Gasteiger partial charge in [-0.25, -0.2) is 0 Å². The van der Waals surface area contributed by atoms with Gasteiger partial charge < -0.3 is 15.4 Å². The van der Waals surface area contributed by atoms with E-state index in [4.69, 9.17) is 10.5 Å². The Kier molecular flexibility index (Phi) is 4.06. The molecule has 4 nitrogen and oxygen atoms in total. The first-order valence-corrected chi connectivity index (χ1v) is 6.20. The number of alkyl halides is 3. The highest BCUT2D eigenvalue weighted by atomic mass is 19.4. The number of nitrogens with zero attached hydrogens (tertiary/aromatic N) is 1. The number of ether oxygens (including phenoxy) is 1. The molecule has 1 saturated carbocycles. The monoisotopic (exact) mass is 288 g/mol. The van der Waals surface area contributed by atoms with Crippen molar-refractivity contribution in [3.63, 3.8) is 0 Å². The van der Waals surface area contributed by atoms with Crippen LogP contribution in [-0.4, -0.2) is 36.2 Å². The maximum atomic E-state index is 12.4. The molecule has 0 aliphatic heterocycles. The molecule has 0 aromatic heterocycles. The Balaban J connectivity index is 1.90. The van der Waals surface area contributed by atoms with Crippen molar-refractivity contribution in [3.05, 3.63) is 24.3 Å². The van der Waals surface area contributed by atoms with E-state index in [2.05, 4.69) is 0 Å². The molecule has 2 rings (SSSR count). The van der Waals surface area contributed by atoms with Crippen LogP contribution in [0.2, 0.25) is 0 Å². The first-order valence-electron chi connectivity index (χ1n) is 6.20. The maximum absolute atomic E-state index is 12.4. The number of benzene rings is 1. The summed E-state index contributed by atoms with van der Waals surface area (Å²) in [5.41, 5.74) is 6.03. The molecule has 0 saturated heterocycles. The SMILES string of the molecule is Nc1ccc(OCC(=O)N(CC(F)(F)F)C2CC2)cc1. The number of hydrogen-bond acceptors (Lipinski definition) is 3. The molecule has 0 atom stereocenters. The number of nitrogens with two attached hydrogens (primary N) is 1. The Bertz CT molecular complexity index is 469. The molecule has 1 fully saturated rings. The third kappa shape index (κ3) is 4.32. The molecule has 1 aliphatic rings. The van der Waals surface area contributed by atoms with Crippen LogP contribution in [0.4, 0.5) is 18.9 Å². The van der Waals surface area contributed by atoms with Gasteiger partial charge in [-0.15, -0.1) is 0 Å². The second-order valence-electron chi connectivity index (χ2n) is 4.73. The van der Waals surface area contributed by atoms with Crippen molar-refractivity contribution in [1.82, 2.24) is 4.90 Å².